The largest absolute Gasteiger partial charge is 0.356 e. The van der Waals surface area contributed by atoms with Crippen LogP contribution < -0.4 is 10.6 Å². The molecule has 9 heteroatoms. The normalized spacial score (nSPS) is 20.5. The van der Waals surface area contributed by atoms with Gasteiger partial charge in [-0.05, 0) is 11.6 Å². The maximum atomic E-state index is 12.5. The summed E-state index contributed by atoms with van der Waals surface area (Å²) < 4.78 is 7.05. The number of aromatic nitrogens is 3. The Balaban J connectivity index is 1.68. The number of halogens is 1. The average Bonchev–Trinajstić information content (AvgIpc) is 3.08. The summed E-state index contributed by atoms with van der Waals surface area (Å²) in [7, 11) is 0. The van der Waals surface area contributed by atoms with Crippen molar-refractivity contribution in [1.82, 2.24) is 25.4 Å². The predicted octanol–water partition coefficient (Wildman–Crippen LogP) is 0.304. The summed E-state index contributed by atoms with van der Waals surface area (Å²) in [6.07, 6.45) is 2.14. The molecule has 1 aromatic carbocycles. The maximum Gasteiger partial charge on any atom is 0.251 e. The van der Waals surface area contributed by atoms with E-state index in [0.717, 1.165) is 0 Å². The van der Waals surface area contributed by atoms with Crippen LogP contribution in [0.5, 0.6) is 0 Å². The Morgan fingerprint density at radius 3 is 3.04 bits per heavy atom. The van der Waals surface area contributed by atoms with Crippen molar-refractivity contribution in [3.63, 3.8) is 0 Å². The zero-order chi connectivity index (χ0) is 16.9. The molecule has 1 aliphatic rings. The second kappa shape index (κ2) is 7.41. The molecule has 0 spiro atoms. The van der Waals surface area contributed by atoms with Crippen LogP contribution in [0, 0.1) is 0 Å². The third-order valence-electron chi connectivity index (χ3n) is 3.62. The number of nitrogens with zero attached hydrogens (tertiary/aromatic N) is 3. The molecule has 2 amide bonds. The predicted molar refractivity (Wildman–Crippen MR) is 85.1 cm³/mol. The van der Waals surface area contributed by atoms with Gasteiger partial charge in [0.1, 0.15) is 19.3 Å². The number of benzene rings is 1. The fourth-order valence-electron chi connectivity index (χ4n) is 2.49. The van der Waals surface area contributed by atoms with Gasteiger partial charge >= 0.3 is 0 Å². The van der Waals surface area contributed by atoms with Crippen molar-refractivity contribution < 1.29 is 14.3 Å². The summed E-state index contributed by atoms with van der Waals surface area (Å²) in [6, 6.07) is 6.41. The smallest absolute Gasteiger partial charge is 0.251 e. The summed E-state index contributed by atoms with van der Waals surface area (Å²) in [6.45, 7) is 0.689. The molecule has 1 aromatic heterocycles. The first-order valence-electron chi connectivity index (χ1n) is 7.40. The Hall–Kier alpha value is -2.45. The molecule has 3 rings (SSSR count). The lowest BCUT2D eigenvalue weighted by atomic mass is 9.99. The topological polar surface area (TPSA) is 98.1 Å². The van der Waals surface area contributed by atoms with Crippen molar-refractivity contribution in [2.45, 2.75) is 18.7 Å². The minimum atomic E-state index is -0.849. The van der Waals surface area contributed by atoms with Crippen LogP contribution in [0.15, 0.2) is 36.9 Å². The quantitative estimate of drug-likeness (QED) is 0.809. The van der Waals surface area contributed by atoms with Gasteiger partial charge in [-0.1, -0.05) is 29.8 Å². The third-order valence-corrected chi connectivity index (χ3v) is 3.96. The molecule has 0 unspecified atom stereocenters. The van der Waals surface area contributed by atoms with Crippen LogP contribution in [0.3, 0.4) is 0 Å². The number of ether oxygens (including phenoxy) is 1. The van der Waals surface area contributed by atoms with Crippen molar-refractivity contribution in [3.05, 3.63) is 47.5 Å². The zero-order valence-electron chi connectivity index (χ0n) is 12.7. The Bertz CT molecular complexity index is 722. The lowest BCUT2D eigenvalue weighted by molar-refractivity contribution is -0.148. The lowest BCUT2D eigenvalue weighted by Crippen LogP contribution is -2.52. The first kappa shape index (κ1) is 16.4. The van der Waals surface area contributed by atoms with E-state index in [1.54, 1.807) is 35.3 Å². The van der Waals surface area contributed by atoms with Crippen LogP contribution in [-0.2, 0) is 20.9 Å². The standard InChI is InChI=1S/C15H16ClN5O3/c16-11-4-2-1-3-10(11)13-14(24-7-12(22)20-13)15(23)18-5-6-21-9-17-8-19-21/h1-4,8-9,13-14H,5-7H2,(H,18,23)(H,20,22)/t13-,14+/m1/s1. The van der Waals surface area contributed by atoms with Gasteiger partial charge < -0.3 is 15.4 Å². The van der Waals surface area contributed by atoms with E-state index in [0.29, 0.717) is 23.7 Å². The molecule has 1 fully saturated rings. The van der Waals surface area contributed by atoms with E-state index in [2.05, 4.69) is 20.7 Å². The summed E-state index contributed by atoms with van der Waals surface area (Å²) in [5, 5.41) is 9.97. The number of rotatable bonds is 5. The minimum absolute atomic E-state index is 0.165. The number of nitrogens with one attached hydrogen (secondary N) is 2. The van der Waals surface area contributed by atoms with Crippen LogP contribution in [-0.4, -0.2) is 45.8 Å². The Labute approximate surface area is 143 Å². The third kappa shape index (κ3) is 3.72. The molecule has 2 aromatic rings. The van der Waals surface area contributed by atoms with Gasteiger partial charge in [0.25, 0.3) is 5.91 Å². The minimum Gasteiger partial charge on any atom is -0.356 e. The SMILES string of the molecule is O=C1CO[C@H](C(=O)NCCn2cncn2)[C@@H](c2ccccc2Cl)N1. The van der Waals surface area contributed by atoms with Crippen molar-refractivity contribution >= 4 is 23.4 Å². The number of carbonyl (C=O) groups excluding carboxylic acids is 2. The van der Waals surface area contributed by atoms with E-state index < -0.39 is 12.1 Å². The van der Waals surface area contributed by atoms with Gasteiger partial charge in [-0.3, -0.25) is 14.3 Å². The van der Waals surface area contributed by atoms with E-state index in [1.165, 1.54) is 6.33 Å². The summed E-state index contributed by atoms with van der Waals surface area (Å²) >= 11 is 6.19. The van der Waals surface area contributed by atoms with E-state index in [4.69, 9.17) is 16.3 Å². The van der Waals surface area contributed by atoms with Crippen LogP contribution in [0.2, 0.25) is 5.02 Å². The van der Waals surface area contributed by atoms with Gasteiger partial charge in [0.05, 0.1) is 12.6 Å². The molecule has 2 atom stereocenters. The van der Waals surface area contributed by atoms with Gasteiger partial charge in [-0.2, -0.15) is 5.10 Å². The van der Waals surface area contributed by atoms with Gasteiger partial charge in [0.15, 0.2) is 6.10 Å². The summed E-state index contributed by atoms with van der Waals surface area (Å²) in [5.74, 6) is -0.605. The highest BCUT2D eigenvalue weighted by Gasteiger charge is 2.36. The monoisotopic (exact) mass is 349 g/mol. The van der Waals surface area contributed by atoms with Crippen LogP contribution in [0.4, 0.5) is 0 Å². The number of amides is 2. The fourth-order valence-corrected chi connectivity index (χ4v) is 2.74. The molecule has 0 radical (unpaired) electrons. The lowest BCUT2D eigenvalue weighted by Gasteiger charge is -2.32. The van der Waals surface area contributed by atoms with E-state index in [-0.39, 0.29) is 18.4 Å². The Kier molecular flexibility index (Phi) is 5.07. The molecule has 1 aliphatic heterocycles. The summed E-state index contributed by atoms with van der Waals surface area (Å²) in [5.41, 5.74) is 0.642. The number of carbonyl (C=O) groups is 2. The molecule has 8 nitrogen and oxygen atoms in total. The molecule has 2 N–H and O–H groups in total. The van der Waals surface area contributed by atoms with E-state index in [1.807, 2.05) is 0 Å². The van der Waals surface area contributed by atoms with Gasteiger partial charge in [0, 0.05) is 11.6 Å². The zero-order valence-corrected chi connectivity index (χ0v) is 13.4. The highest BCUT2D eigenvalue weighted by Crippen LogP contribution is 2.28. The Morgan fingerprint density at radius 2 is 2.29 bits per heavy atom. The van der Waals surface area contributed by atoms with Crippen LogP contribution in [0.1, 0.15) is 11.6 Å². The average molecular weight is 350 g/mol. The van der Waals surface area contributed by atoms with Crippen molar-refractivity contribution in [1.29, 1.82) is 0 Å². The highest BCUT2D eigenvalue weighted by atomic mass is 35.5. The molecular formula is C15H16ClN5O3. The summed E-state index contributed by atoms with van der Waals surface area (Å²) in [4.78, 5) is 28.0. The maximum absolute atomic E-state index is 12.5. The second-order valence-corrected chi connectivity index (χ2v) is 5.66. The Morgan fingerprint density at radius 1 is 1.46 bits per heavy atom. The molecule has 0 saturated carbocycles. The molecule has 1 saturated heterocycles. The van der Waals surface area contributed by atoms with Crippen LogP contribution >= 0.6 is 11.6 Å². The molecule has 2 heterocycles. The first-order valence-corrected chi connectivity index (χ1v) is 7.78. The second-order valence-electron chi connectivity index (χ2n) is 5.25. The molecule has 0 aliphatic carbocycles. The first-order chi connectivity index (χ1) is 11.6. The molecule has 24 heavy (non-hydrogen) atoms. The van der Waals surface area contributed by atoms with Gasteiger partial charge in [-0.15, -0.1) is 0 Å². The number of morpholine rings is 1. The van der Waals surface area contributed by atoms with Crippen molar-refractivity contribution in [2.24, 2.45) is 0 Å². The van der Waals surface area contributed by atoms with E-state index in [9.17, 15) is 9.59 Å². The van der Waals surface area contributed by atoms with Crippen molar-refractivity contribution in [2.75, 3.05) is 13.2 Å². The molecular weight excluding hydrogens is 334 g/mol. The van der Waals surface area contributed by atoms with Gasteiger partial charge in [-0.25, -0.2) is 4.98 Å². The van der Waals surface area contributed by atoms with Gasteiger partial charge in [0.2, 0.25) is 5.91 Å². The number of hydrogen-bond donors (Lipinski definition) is 2. The fraction of sp³-hybridized carbons (Fsp3) is 0.333. The van der Waals surface area contributed by atoms with Crippen LogP contribution in [0.25, 0.3) is 0 Å². The van der Waals surface area contributed by atoms with E-state index >= 15 is 0 Å². The number of hydrogen-bond acceptors (Lipinski definition) is 5. The van der Waals surface area contributed by atoms with Crippen molar-refractivity contribution in [3.8, 4) is 0 Å². The molecule has 0 bridgehead atoms. The molecule has 126 valence electrons. The highest BCUT2D eigenvalue weighted by molar-refractivity contribution is 6.31.